The van der Waals surface area contributed by atoms with Crippen molar-refractivity contribution in [2.45, 2.75) is 18.6 Å². The van der Waals surface area contributed by atoms with E-state index in [1.165, 1.54) is 6.20 Å². The quantitative estimate of drug-likeness (QED) is 0.546. The van der Waals surface area contributed by atoms with Gasteiger partial charge in [-0.1, -0.05) is 6.07 Å². The largest absolute Gasteiger partial charge is 0.374 e. The maximum absolute atomic E-state index is 14.5. The number of pyridine rings is 1. The van der Waals surface area contributed by atoms with Crippen molar-refractivity contribution in [3.63, 3.8) is 0 Å². The summed E-state index contributed by atoms with van der Waals surface area (Å²) >= 11 is 0. The summed E-state index contributed by atoms with van der Waals surface area (Å²) < 4.78 is 21.9. The van der Waals surface area contributed by atoms with Gasteiger partial charge in [0.15, 0.2) is 11.6 Å². The molecule has 1 aromatic carbocycles. The van der Waals surface area contributed by atoms with Crippen LogP contribution < -0.4 is 10.2 Å². The molecule has 0 saturated carbocycles. The Labute approximate surface area is 177 Å². The second-order valence-corrected chi connectivity index (χ2v) is 7.96. The number of halogens is 1. The highest BCUT2D eigenvalue weighted by Gasteiger charge is 2.40. The zero-order chi connectivity index (χ0) is 20.9. The van der Waals surface area contributed by atoms with Gasteiger partial charge in [-0.15, -0.1) is 0 Å². The summed E-state index contributed by atoms with van der Waals surface area (Å²) in [6.07, 6.45) is 5.92. The first-order chi connectivity index (χ1) is 15.1. The van der Waals surface area contributed by atoms with Crippen LogP contribution in [0.4, 0.5) is 22.0 Å². The van der Waals surface area contributed by atoms with E-state index in [1.807, 2.05) is 42.2 Å². The Hall–Kier alpha value is -3.59. The van der Waals surface area contributed by atoms with E-state index in [2.05, 4.69) is 36.3 Å². The molecule has 2 atom stereocenters. The molecule has 2 aliphatic heterocycles. The van der Waals surface area contributed by atoms with E-state index in [0.29, 0.717) is 18.4 Å². The van der Waals surface area contributed by atoms with Crippen molar-refractivity contribution < 1.29 is 9.13 Å². The van der Waals surface area contributed by atoms with Crippen LogP contribution in [0.3, 0.4) is 0 Å². The zero-order valence-electron chi connectivity index (χ0n) is 16.9. The van der Waals surface area contributed by atoms with Gasteiger partial charge in [0.1, 0.15) is 5.82 Å². The average Bonchev–Trinajstić information content (AvgIpc) is 3.52. The number of rotatable bonds is 4. The molecular weight excluding hydrogens is 397 g/mol. The highest BCUT2D eigenvalue weighted by Crippen LogP contribution is 2.32. The maximum Gasteiger partial charge on any atom is 0.227 e. The number of aryl methyl sites for hydroxylation is 1. The summed E-state index contributed by atoms with van der Waals surface area (Å²) in [4.78, 5) is 15.1. The molecule has 2 fully saturated rings. The third-order valence-corrected chi connectivity index (χ3v) is 5.97. The van der Waals surface area contributed by atoms with Gasteiger partial charge >= 0.3 is 0 Å². The molecule has 4 aromatic rings. The van der Waals surface area contributed by atoms with Gasteiger partial charge in [-0.3, -0.25) is 4.68 Å². The highest BCUT2D eigenvalue weighted by molar-refractivity contribution is 5.85. The number of benzene rings is 1. The standard InChI is InChI=1S/C22H20FN7O/c1-29-19-3-2-13(6-15(19)9-26-29)14-4-5-24-20(7-14)27-21-18(23)10-25-22(28-21)30-11-17-8-16(30)12-31-17/h2-7,9-10,16-17H,8,11-12H2,1H3,(H,24,25,27,28)/t16-,17-/m0/s1. The van der Waals surface area contributed by atoms with Gasteiger partial charge in [0.25, 0.3) is 0 Å². The Balaban J connectivity index is 1.29. The fourth-order valence-corrected chi connectivity index (χ4v) is 4.37. The zero-order valence-corrected chi connectivity index (χ0v) is 16.9. The molecule has 9 heteroatoms. The van der Waals surface area contributed by atoms with Gasteiger partial charge in [-0.25, -0.2) is 14.4 Å². The van der Waals surface area contributed by atoms with E-state index in [-0.39, 0.29) is 18.0 Å². The molecule has 0 unspecified atom stereocenters. The molecule has 5 heterocycles. The molecule has 1 N–H and O–H groups in total. The topological polar surface area (TPSA) is 81.0 Å². The van der Waals surface area contributed by atoms with Crippen LogP contribution in [0.25, 0.3) is 22.0 Å². The van der Waals surface area contributed by atoms with Crippen LogP contribution in [0.1, 0.15) is 6.42 Å². The van der Waals surface area contributed by atoms with Crippen molar-refractivity contribution in [3.8, 4) is 11.1 Å². The second-order valence-electron chi connectivity index (χ2n) is 7.96. The molecule has 0 aliphatic carbocycles. The van der Waals surface area contributed by atoms with Gasteiger partial charge in [0.05, 0.1) is 36.7 Å². The van der Waals surface area contributed by atoms with E-state index < -0.39 is 5.82 Å². The van der Waals surface area contributed by atoms with Gasteiger partial charge in [0.2, 0.25) is 5.95 Å². The maximum atomic E-state index is 14.5. The lowest BCUT2D eigenvalue weighted by molar-refractivity contribution is 0.0986. The van der Waals surface area contributed by atoms with Crippen molar-refractivity contribution in [2.24, 2.45) is 7.05 Å². The molecular formula is C22H20FN7O. The van der Waals surface area contributed by atoms with Gasteiger partial charge in [-0.2, -0.15) is 10.1 Å². The number of aromatic nitrogens is 5. The minimum atomic E-state index is -0.520. The van der Waals surface area contributed by atoms with Gasteiger partial charge < -0.3 is 15.0 Å². The van der Waals surface area contributed by atoms with E-state index in [9.17, 15) is 4.39 Å². The second kappa shape index (κ2) is 6.98. The monoisotopic (exact) mass is 417 g/mol. The minimum Gasteiger partial charge on any atom is -0.374 e. The molecule has 0 amide bonds. The molecule has 3 aromatic heterocycles. The lowest BCUT2D eigenvalue weighted by Crippen LogP contribution is -2.38. The lowest BCUT2D eigenvalue weighted by Gasteiger charge is -2.27. The smallest absolute Gasteiger partial charge is 0.227 e. The molecule has 6 rings (SSSR count). The van der Waals surface area contributed by atoms with E-state index in [4.69, 9.17) is 4.74 Å². The SMILES string of the molecule is Cn1ncc2cc(-c3ccnc(Nc4nc(N5C[C@@H]6C[C@H]5CO6)ncc4F)c3)ccc21. The van der Waals surface area contributed by atoms with Crippen LogP contribution >= 0.6 is 0 Å². The number of hydrogen-bond donors (Lipinski definition) is 1. The molecule has 2 aliphatic rings. The fraction of sp³-hybridized carbons (Fsp3) is 0.273. The van der Waals surface area contributed by atoms with E-state index in [0.717, 1.165) is 35.0 Å². The number of ether oxygens (including phenoxy) is 1. The van der Waals surface area contributed by atoms with E-state index >= 15 is 0 Å². The van der Waals surface area contributed by atoms with Crippen LogP contribution in [0.2, 0.25) is 0 Å². The number of fused-ring (bicyclic) bond motifs is 3. The van der Waals surface area contributed by atoms with Crippen molar-refractivity contribution in [3.05, 3.63) is 54.7 Å². The Kier molecular flexibility index (Phi) is 4.10. The third kappa shape index (κ3) is 3.17. The molecule has 0 spiro atoms. The van der Waals surface area contributed by atoms with E-state index in [1.54, 1.807) is 6.20 Å². The lowest BCUT2D eigenvalue weighted by atomic mass is 10.1. The van der Waals surface area contributed by atoms with Crippen LogP contribution in [0.5, 0.6) is 0 Å². The van der Waals surface area contributed by atoms with Gasteiger partial charge in [-0.05, 0) is 41.8 Å². The average molecular weight is 417 g/mol. The number of morpholine rings is 1. The Morgan fingerprint density at radius 1 is 1.13 bits per heavy atom. The summed E-state index contributed by atoms with van der Waals surface area (Å²) in [7, 11) is 1.92. The molecule has 8 nitrogen and oxygen atoms in total. The first kappa shape index (κ1) is 18.2. The number of hydrogen-bond acceptors (Lipinski definition) is 7. The predicted octanol–water partition coefficient (Wildman–Crippen LogP) is 3.29. The van der Waals surface area contributed by atoms with Gasteiger partial charge in [0, 0.05) is 25.2 Å². The summed E-state index contributed by atoms with van der Waals surface area (Å²) in [5.41, 5.74) is 3.06. The molecule has 2 bridgehead atoms. The summed E-state index contributed by atoms with van der Waals surface area (Å²) in [6.45, 7) is 1.40. The Morgan fingerprint density at radius 3 is 2.87 bits per heavy atom. The Morgan fingerprint density at radius 2 is 2.03 bits per heavy atom. The first-order valence-corrected chi connectivity index (χ1v) is 10.2. The molecule has 0 radical (unpaired) electrons. The van der Waals surface area contributed by atoms with Crippen LogP contribution in [-0.2, 0) is 11.8 Å². The van der Waals surface area contributed by atoms with Crippen molar-refractivity contribution >= 4 is 28.5 Å². The number of nitrogens with one attached hydrogen (secondary N) is 1. The van der Waals surface area contributed by atoms with Crippen LogP contribution in [0.15, 0.2) is 48.9 Å². The first-order valence-electron chi connectivity index (χ1n) is 10.2. The minimum absolute atomic E-state index is 0.112. The van der Waals surface area contributed by atoms with Crippen molar-refractivity contribution in [1.82, 2.24) is 24.7 Å². The summed E-state index contributed by atoms with van der Waals surface area (Å²) in [5, 5.41) is 8.37. The van der Waals surface area contributed by atoms with Crippen LogP contribution in [0, 0.1) is 5.82 Å². The van der Waals surface area contributed by atoms with Crippen LogP contribution in [-0.4, -0.2) is 50.0 Å². The third-order valence-electron chi connectivity index (χ3n) is 5.97. The molecule has 156 valence electrons. The Bertz CT molecular complexity index is 1290. The molecule has 31 heavy (non-hydrogen) atoms. The summed E-state index contributed by atoms with van der Waals surface area (Å²) in [6, 6.07) is 10.2. The normalized spacial score (nSPS) is 20.0. The van der Waals surface area contributed by atoms with Crippen molar-refractivity contribution in [1.29, 1.82) is 0 Å². The van der Waals surface area contributed by atoms with Crippen molar-refractivity contribution in [2.75, 3.05) is 23.4 Å². The number of nitrogens with zero attached hydrogens (tertiary/aromatic N) is 6. The predicted molar refractivity (Wildman–Crippen MR) is 115 cm³/mol. The highest BCUT2D eigenvalue weighted by atomic mass is 19.1. The summed E-state index contributed by atoms with van der Waals surface area (Å²) in [5.74, 6) is 0.617. The number of anilines is 3. The molecule has 2 saturated heterocycles. The fourth-order valence-electron chi connectivity index (χ4n) is 4.37.